The van der Waals surface area contributed by atoms with E-state index in [4.69, 9.17) is 4.74 Å². The molecule has 1 saturated heterocycles. The monoisotopic (exact) mass is 238 g/mol. The molecule has 1 aliphatic heterocycles. The third kappa shape index (κ3) is 1.41. The van der Waals surface area contributed by atoms with Gasteiger partial charge in [-0.15, -0.1) is 0 Å². The molecule has 1 aromatic rings. The van der Waals surface area contributed by atoms with Gasteiger partial charge in [0.25, 0.3) is 5.56 Å². The number of fused-ring (bicyclic) bond motifs is 1. The van der Waals surface area contributed by atoms with E-state index in [0.29, 0.717) is 12.2 Å². The molecule has 0 radical (unpaired) electrons. The van der Waals surface area contributed by atoms with Gasteiger partial charge in [-0.05, 0) is 13.3 Å². The van der Waals surface area contributed by atoms with Crippen molar-refractivity contribution in [3.8, 4) is 0 Å². The Balaban J connectivity index is 2.00. The number of aliphatic hydroxyl groups excluding tert-OH is 1. The molecule has 1 aliphatic carbocycles. The molecule has 1 saturated carbocycles. The number of aromatic amines is 1. The van der Waals surface area contributed by atoms with Crippen LogP contribution in [0.5, 0.6) is 0 Å². The van der Waals surface area contributed by atoms with E-state index in [1.807, 2.05) is 0 Å². The molecule has 2 fully saturated rings. The van der Waals surface area contributed by atoms with Crippen LogP contribution in [0.3, 0.4) is 0 Å². The Labute approximate surface area is 96.9 Å². The maximum Gasteiger partial charge on any atom is 0.330 e. The van der Waals surface area contributed by atoms with Crippen LogP contribution >= 0.6 is 0 Å². The fourth-order valence-electron chi connectivity index (χ4n) is 2.59. The average molecular weight is 238 g/mol. The lowest BCUT2D eigenvalue weighted by Gasteiger charge is -2.15. The summed E-state index contributed by atoms with van der Waals surface area (Å²) >= 11 is 0. The summed E-state index contributed by atoms with van der Waals surface area (Å²) in [5.74, 6) is 0.176. The first kappa shape index (κ1) is 10.7. The van der Waals surface area contributed by atoms with Gasteiger partial charge in [-0.25, -0.2) is 4.79 Å². The second-order valence-electron chi connectivity index (χ2n) is 5.01. The lowest BCUT2D eigenvalue weighted by molar-refractivity contribution is 0.0136. The van der Waals surface area contributed by atoms with Gasteiger partial charge in [0.2, 0.25) is 0 Å². The van der Waals surface area contributed by atoms with Gasteiger partial charge in [0.1, 0.15) is 6.23 Å². The van der Waals surface area contributed by atoms with E-state index in [9.17, 15) is 14.7 Å². The van der Waals surface area contributed by atoms with Crippen LogP contribution in [0.25, 0.3) is 0 Å². The third-order valence-corrected chi connectivity index (χ3v) is 3.87. The zero-order chi connectivity index (χ0) is 12.2. The Hall–Kier alpha value is -1.40. The number of hydrogen-bond acceptors (Lipinski definition) is 4. The first-order valence-corrected chi connectivity index (χ1v) is 5.62. The maximum atomic E-state index is 11.7. The lowest BCUT2D eigenvalue weighted by atomic mass is 10.1. The number of aryl methyl sites for hydroxylation is 1. The summed E-state index contributed by atoms with van der Waals surface area (Å²) in [4.78, 5) is 25.2. The zero-order valence-electron chi connectivity index (χ0n) is 9.47. The van der Waals surface area contributed by atoms with Crippen LogP contribution in [0.2, 0.25) is 0 Å². The number of aliphatic hydroxyl groups is 1. The molecule has 0 bridgehead atoms. The summed E-state index contributed by atoms with van der Waals surface area (Å²) in [6.07, 6.45) is 2.04. The highest BCUT2D eigenvalue weighted by Crippen LogP contribution is 2.62. The first-order valence-electron chi connectivity index (χ1n) is 5.62. The Morgan fingerprint density at radius 1 is 1.65 bits per heavy atom. The number of hydrogen-bond donors (Lipinski definition) is 2. The van der Waals surface area contributed by atoms with E-state index in [2.05, 4.69) is 4.98 Å². The number of aromatic nitrogens is 2. The molecule has 0 unspecified atom stereocenters. The number of rotatable bonds is 2. The van der Waals surface area contributed by atoms with E-state index in [0.717, 1.165) is 6.42 Å². The van der Waals surface area contributed by atoms with Crippen molar-refractivity contribution in [2.24, 2.45) is 11.3 Å². The SMILES string of the molecule is Cc1cn([C@@H]2OC[C@]3(CO)C[C@H]23)c(=O)[nH]c1=O. The number of nitrogens with zero attached hydrogens (tertiary/aromatic N) is 1. The molecule has 0 amide bonds. The summed E-state index contributed by atoms with van der Waals surface area (Å²) < 4.78 is 6.97. The van der Waals surface area contributed by atoms with E-state index in [-0.39, 0.29) is 29.7 Å². The van der Waals surface area contributed by atoms with Crippen molar-refractivity contribution in [2.45, 2.75) is 19.6 Å². The summed E-state index contributed by atoms with van der Waals surface area (Å²) in [6.45, 7) is 2.21. The quantitative estimate of drug-likeness (QED) is 0.718. The van der Waals surface area contributed by atoms with Crippen molar-refractivity contribution in [1.82, 2.24) is 9.55 Å². The molecule has 92 valence electrons. The first-order chi connectivity index (χ1) is 8.07. The van der Waals surface area contributed by atoms with Crippen molar-refractivity contribution in [3.63, 3.8) is 0 Å². The third-order valence-electron chi connectivity index (χ3n) is 3.87. The second-order valence-corrected chi connectivity index (χ2v) is 5.01. The molecule has 3 rings (SSSR count). The summed E-state index contributed by atoms with van der Waals surface area (Å²) in [5.41, 5.74) is -0.496. The fourth-order valence-corrected chi connectivity index (χ4v) is 2.59. The Kier molecular flexibility index (Phi) is 2.08. The van der Waals surface area contributed by atoms with Gasteiger partial charge >= 0.3 is 5.69 Å². The molecule has 1 aromatic heterocycles. The highest BCUT2D eigenvalue weighted by Gasteiger charge is 2.63. The van der Waals surface area contributed by atoms with Gasteiger partial charge in [0.15, 0.2) is 0 Å². The van der Waals surface area contributed by atoms with Gasteiger partial charge < -0.3 is 9.84 Å². The van der Waals surface area contributed by atoms with Gasteiger partial charge in [-0.2, -0.15) is 0 Å². The van der Waals surface area contributed by atoms with Crippen molar-refractivity contribution in [3.05, 3.63) is 32.6 Å². The number of nitrogens with one attached hydrogen (secondary N) is 1. The summed E-state index contributed by atoms with van der Waals surface area (Å²) in [7, 11) is 0. The highest BCUT2D eigenvalue weighted by atomic mass is 16.5. The maximum absolute atomic E-state index is 11.7. The Morgan fingerprint density at radius 3 is 3.00 bits per heavy atom. The summed E-state index contributed by atoms with van der Waals surface area (Å²) in [6, 6.07) is 0. The smallest absolute Gasteiger partial charge is 0.330 e. The van der Waals surface area contributed by atoms with Crippen molar-refractivity contribution in [1.29, 1.82) is 0 Å². The lowest BCUT2D eigenvalue weighted by Crippen LogP contribution is -2.34. The predicted molar refractivity (Wildman–Crippen MR) is 58.7 cm³/mol. The largest absolute Gasteiger partial charge is 0.396 e. The van der Waals surface area contributed by atoms with E-state index in [1.165, 1.54) is 10.8 Å². The minimum Gasteiger partial charge on any atom is -0.396 e. The van der Waals surface area contributed by atoms with E-state index >= 15 is 0 Å². The minimum atomic E-state index is -0.453. The van der Waals surface area contributed by atoms with Crippen molar-refractivity contribution >= 4 is 0 Å². The van der Waals surface area contributed by atoms with Crippen LogP contribution in [0, 0.1) is 18.3 Å². The summed E-state index contributed by atoms with van der Waals surface area (Å²) in [5, 5.41) is 9.27. The minimum absolute atomic E-state index is 0.0885. The molecule has 2 heterocycles. The van der Waals surface area contributed by atoms with Crippen LogP contribution < -0.4 is 11.2 Å². The van der Waals surface area contributed by atoms with Crippen molar-refractivity contribution in [2.75, 3.05) is 13.2 Å². The van der Waals surface area contributed by atoms with Crippen LogP contribution in [-0.2, 0) is 4.74 Å². The highest BCUT2D eigenvalue weighted by molar-refractivity contribution is 5.10. The van der Waals surface area contributed by atoms with Crippen molar-refractivity contribution < 1.29 is 9.84 Å². The molecule has 6 heteroatoms. The average Bonchev–Trinajstić information content (AvgIpc) is 2.92. The van der Waals surface area contributed by atoms with Gasteiger partial charge in [-0.1, -0.05) is 0 Å². The van der Waals surface area contributed by atoms with Crippen LogP contribution in [0.1, 0.15) is 18.2 Å². The standard InChI is InChI=1S/C11H14N2O4/c1-6-3-13(10(16)12-8(6)15)9-7-2-11(7,4-14)5-17-9/h3,7,9,14H,2,4-5H2,1H3,(H,12,15,16)/t7-,9-,11-/m1/s1. The fraction of sp³-hybridized carbons (Fsp3) is 0.636. The van der Waals surface area contributed by atoms with E-state index in [1.54, 1.807) is 6.92 Å². The molecule has 3 atom stereocenters. The molecule has 6 nitrogen and oxygen atoms in total. The van der Waals surface area contributed by atoms with Crippen LogP contribution in [0.4, 0.5) is 0 Å². The number of H-pyrrole nitrogens is 1. The molecule has 0 aromatic carbocycles. The van der Waals surface area contributed by atoms with Crippen LogP contribution in [0.15, 0.2) is 15.8 Å². The normalized spacial score (nSPS) is 34.7. The molecular weight excluding hydrogens is 224 g/mol. The molecular formula is C11H14N2O4. The molecule has 2 N–H and O–H groups in total. The van der Waals surface area contributed by atoms with Crippen LogP contribution in [-0.4, -0.2) is 27.9 Å². The Bertz CT molecular complexity index is 576. The van der Waals surface area contributed by atoms with Gasteiger partial charge in [0.05, 0.1) is 13.2 Å². The number of ether oxygens (including phenoxy) is 1. The topological polar surface area (TPSA) is 84.3 Å². The molecule has 2 aliphatic rings. The van der Waals surface area contributed by atoms with E-state index < -0.39 is 5.69 Å². The molecule has 0 spiro atoms. The zero-order valence-corrected chi connectivity index (χ0v) is 9.47. The second kappa shape index (κ2) is 3.30. The van der Waals surface area contributed by atoms with Gasteiger partial charge in [0, 0.05) is 23.1 Å². The Morgan fingerprint density at radius 2 is 2.41 bits per heavy atom. The predicted octanol–water partition coefficient (Wildman–Crippen LogP) is -0.628. The van der Waals surface area contributed by atoms with Gasteiger partial charge in [-0.3, -0.25) is 14.3 Å². The molecule has 17 heavy (non-hydrogen) atoms.